The predicted octanol–water partition coefficient (Wildman–Crippen LogP) is 2.51. The standard InChI is InChI=1S/C18H22N6O3/c1-13(2)22(12-14-9-19-21(3)11-14)18(25)6-7-23-17-8-16(24(26)27)5-4-15(17)10-20-23/h4-5,8-11,13H,6-7,12H2,1-3H3. The summed E-state index contributed by atoms with van der Waals surface area (Å²) in [4.78, 5) is 25.1. The Morgan fingerprint density at radius 1 is 1.30 bits per heavy atom. The number of amides is 1. The van der Waals surface area contributed by atoms with Crippen molar-refractivity contribution in [1.29, 1.82) is 0 Å². The molecule has 0 aliphatic heterocycles. The zero-order chi connectivity index (χ0) is 19.6. The van der Waals surface area contributed by atoms with Crippen LogP contribution in [0.25, 0.3) is 10.9 Å². The summed E-state index contributed by atoms with van der Waals surface area (Å²) in [6.45, 7) is 4.80. The second kappa shape index (κ2) is 7.56. The van der Waals surface area contributed by atoms with Crippen molar-refractivity contribution >= 4 is 22.5 Å². The number of nitrogens with zero attached hydrogens (tertiary/aromatic N) is 6. The SMILES string of the molecule is CC(C)N(Cc1cnn(C)c1)C(=O)CCn1ncc2ccc([N+](=O)[O-])cc21. The molecule has 1 amide bonds. The number of nitro groups is 1. The maximum absolute atomic E-state index is 12.8. The maximum Gasteiger partial charge on any atom is 0.271 e. The fraction of sp³-hybridized carbons (Fsp3) is 0.389. The van der Waals surface area contributed by atoms with Gasteiger partial charge < -0.3 is 4.90 Å². The molecule has 2 heterocycles. The molecule has 0 fully saturated rings. The van der Waals surface area contributed by atoms with Gasteiger partial charge in [0.05, 0.1) is 29.4 Å². The van der Waals surface area contributed by atoms with Gasteiger partial charge in [0.25, 0.3) is 5.69 Å². The first-order chi connectivity index (χ1) is 12.8. The lowest BCUT2D eigenvalue weighted by Crippen LogP contribution is -2.36. The first-order valence-electron chi connectivity index (χ1n) is 8.72. The second-order valence-electron chi connectivity index (χ2n) is 6.76. The molecule has 0 atom stereocenters. The fourth-order valence-electron chi connectivity index (χ4n) is 3.00. The molecule has 0 spiro atoms. The van der Waals surface area contributed by atoms with Gasteiger partial charge >= 0.3 is 0 Å². The first kappa shape index (κ1) is 18.6. The molecule has 0 N–H and O–H groups in total. The fourth-order valence-corrected chi connectivity index (χ4v) is 3.00. The van der Waals surface area contributed by atoms with Crippen LogP contribution in [0.3, 0.4) is 0 Å². The third-order valence-electron chi connectivity index (χ3n) is 4.43. The largest absolute Gasteiger partial charge is 0.336 e. The van der Waals surface area contributed by atoms with Crippen molar-refractivity contribution < 1.29 is 9.72 Å². The molecule has 0 unspecified atom stereocenters. The van der Waals surface area contributed by atoms with Gasteiger partial charge in [0.15, 0.2) is 0 Å². The Bertz CT molecular complexity index is 975. The van der Waals surface area contributed by atoms with E-state index in [1.807, 2.05) is 27.1 Å². The van der Waals surface area contributed by atoms with E-state index in [2.05, 4.69) is 10.2 Å². The van der Waals surface area contributed by atoms with Gasteiger partial charge in [-0.15, -0.1) is 0 Å². The average Bonchev–Trinajstić information content (AvgIpc) is 3.22. The Morgan fingerprint density at radius 3 is 2.70 bits per heavy atom. The van der Waals surface area contributed by atoms with E-state index in [0.29, 0.717) is 18.6 Å². The molecule has 9 nitrogen and oxygen atoms in total. The third-order valence-corrected chi connectivity index (χ3v) is 4.43. The number of aryl methyl sites for hydroxylation is 2. The topological polar surface area (TPSA) is 99.1 Å². The number of carbonyl (C=O) groups excluding carboxylic acids is 1. The molecule has 142 valence electrons. The van der Waals surface area contributed by atoms with Crippen molar-refractivity contribution in [3.05, 3.63) is 52.5 Å². The summed E-state index contributed by atoms with van der Waals surface area (Å²) in [6.07, 6.45) is 5.56. The predicted molar refractivity (Wildman–Crippen MR) is 99.9 cm³/mol. The van der Waals surface area contributed by atoms with E-state index < -0.39 is 4.92 Å². The monoisotopic (exact) mass is 370 g/mol. The zero-order valence-corrected chi connectivity index (χ0v) is 15.6. The minimum atomic E-state index is -0.434. The van der Waals surface area contributed by atoms with Gasteiger partial charge in [-0.2, -0.15) is 10.2 Å². The number of hydrogen-bond acceptors (Lipinski definition) is 5. The van der Waals surface area contributed by atoms with Crippen LogP contribution in [0.4, 0.5) is 5.69 Å². The molecule has 3 rings (SSSR count). The lowest BCUT2D eigenvalue weighted by Gasteiger charge is -2.26. The first-order valence-corrected chi connectivity index (χ1v) is 8.72. The molecule has 0 aliphatic carbocycles. The smallest absolute Gasteiger partial charge is 0.271 e. The van der Waals surface area contributed by atoms with Gasteiger partial charge in [0, 0.05) is 55.3 Å². The lowest BCUT2D eigenvalue weighted by atomic mass is 10.2. The minimum absolute atomic E-state index is 0.00272. The second-order valence-corrected chi connectivity index (χ2v) is 6.76. The summed E-state index contributed by atoms with van der Waals surface area (Å²) in [6, 6.07) is 4.66. The Labute approximate surface area is 156 Å². The van der Waals surface area contributed by atoms with Crippen molar-refractivity contribution in [3.8, 4) is 0 Å². The van der Waals surface area contributed by atoms with Crippen LogP contribution < -0.4 is 0 Å². The summed E-state index contributed by atoms with van der Waals surface area (Å²) in [5.74, 6) is 0.00272. The van der Waals surface area contributed by atoms with Gasteiger partial charge in [-0.05, 0) is 19.9 Å². The Kier molecular flexibility index (Phi) is 5.20. The summed E-state index contributed by atoms with van der Waals surface area (Å²) in [5, 5.41) is 20.2. The van der Waals surface area contributed by atoms with E-state index in [1.54, 1.807) is 32.7 Å². The normalized spacial score (nSPS) is 11.3. The Morgan fingerprint density at radius 2 is 2.07 bits per heavy atom. The van der Waals surface area contributed by atoms with Crippen molar-refractivity contribution in [3.63, 3.8) is 0 Å². The highest BCUT2D eigenvalue weighted by atomic mass is 16.6. The maximum atomic E-state index is 12.8. The zero-order valence-electron chi connectivity index (χ0n) is 15.6. The van der Waals surface area contributed by atoms with Crippen LogP contribution in [0.1, 0.15) is 25.8 Å². The van der Waals surface area contributed by atoms with Crippen molar-refractivity contribution in [2.75, 3.05) is 0 Å². The number of rotatable bonds is 7. The highest BCUT2D eigenvalue weighted by molar-refractivity contribution is 5.81. The van der Waals surface area contributed by atoms with E-state index >= 15 is 0 Å². The summed E-state index contributed by atoms with van der Waals surface area (Å²) in [7, 11) is 1.84. The Balaban J connectivity index is 1.72. The molecule has 9 heteroatoms. The van der Waals surface area contributed by atoms with Crippen LogP contribution in [0.15, 0.2) is 36.8 Å². The number of carbonyl (C=O) groups is 1. The summed E-state index contributed by atoms with van der Waals surface area (Å²) in [5.41, 5.74) is 1.64. The molecular formula is C18H22N6O3. The average molecular weight is 370 g/mol. The molecule has 0 saturated heterocycles. The van der Waals surface area contributed by atoms with Crippen LogP contribution >= 0.6 is 0 Å². The Hall–Kier alpha value is -3.23. The number of fused-ring (bicyclic) bond motifs is 1. The van der Waals surface area contributed by atoms with Crippen molar-refractivity contribution in [2.45, 2.75) is 39.4 Å². The van der Waals surface area contributed by atoms with Crippen LogP contribution in [0.2, 0.25) is 0 Å². The van der Waals surface area contributed by atoms with E-state index in [0.717, 1.165) is 10.9 Å². The minimum Gasteiger partial charge on any atom is -0.336 e. The number of aromatic nitrogens is 4. The molecule has 0 saturated carbocycles. The van der Waals surface area contributed by atoms with Crippen molar-refractivity contribution in [2.24, 2.45) is 7.05 Å². The number of benzene rings is 1. The van der Waals surface area contributed by atoms with E-state index in [1.165, 1.54) is 12.1 Å². The molecule has 27 heavy (non-hydrogen) atoms. The van der Waals surface area contributed by atoms with E-state index in [4.69, 9.17) is 0 Å². The number of non-ortho nitro benzene ring substituents is 1. The van der Waals surface area contributed by atoms with Gasteiger partial charge in [-0.25, -0.2) is 0 Å². The molecule has 0 bridgehead atoms. The van der Waals surface area contributed by atoms with Crippen molar-refractivity contribution in [1.82, 2.24) is 24.5 Å². The summed E-state index contributed by atoms with van der Waals surface area (Å²) >= 11 is 0. The number of hydrogen-bond donors (Lipinski definition) is 0. The summed E-state index contributed by atoms with van der Waals surface area (Å²) < 4.78 is 3.35. The van der Waals surface area contributed by atoms with Gasteiger partial charge in [-0.3, -0.25) is 24.3 Å². The lowest BCUT2D eigenvalue weighted by molar-refractivity contribution is -0.384. The van der Waals surface area contributed by atoms with Crippen LogP contribution in [0, 0.1) is 10.1 Å². The van der Waals surface area contributed by atoms with Crippen LogP contribution in [0.5, 0.6) is 0 Å². The highest BCUT2D eigenvalue weighted by Gasteiger charge is 2.19. The molecule has 0 aliphatic rings. The molecule has 2 aromatic heterocycles. The molecular weight excluding hydrogens is 348 g/mol. The molecule has 0 radical (unpaired) electrons. The highest BCUT2D eigenvalue weighted by Crippen LogP contribution is 2.21. The van der Waals surface area contributed by atoms with Gasteiger partial charge in [0.2, 0.25) is 5.91 Å². The number of nitro benzene ring substituents is 1. The quantitative estimate of drug-likeness (QED) is 0.470. The molecule has 3 aromatic rings. The third kappa shape index (κ3) is 4.13. The van der Waals surface area contributed by atoms with E-state index in [9.17, 15) is 14.9 Å². The van der Waals surface area contributed by atoms with Crippen LogP contribution in [-0.2, 0) is 24.9 Å². The van der Waals surface area contributed by atoms with Gasteiger partial charge in [0.1, 0.15) is 0 Å². The molecule has 1 aromatic carbocycles. The van der Waals surface area contributed by atoms with Crippen LogP contribution in [-0.4, -0.2) is 41.3 Å². The van der Waals surface area contributed by atoms with E-state index in [-0.39, 0.29) is 24.1 Å². The van der Waals surface area contributed by atoms with Gasteiger partial charge in [-0.1, -0.05) is 0 Å².